The molecule has 1 aliphatic heterocycles. The first-order valence-corrected chi connectivity index (χ1v) is 15.4. The number of nitrogens with zero attached hydrogens (tertiary/aromatic N) is 2. The SMILES string of the molecule is Cc1ncsc1-c1ccc(CNC(=O)[C@@H]2C[C@@H](O)CN2C(=O)[C@H](NC(=O)COCCOCCOCCN)C(C)(C)C)cc1. The van der Waals surface area contributed by atoms with Gasteiger partial charge in [0, 0.05) is 26.1 Å². The largest absolute Gasteiger partial charge is 0.391 e. The van der Waals surface area contributed by atoms with Crippen molar-refractivity contribution in [3.63, 3.8) is 0 Å². The lowest BCUT2D eigenvalue weighted by Gasteiger charge is -2.35. The van der Waals surface area contributed by atoms with Gasteiger partial charge in [0.25, 0.3) is 0 Å². The molecule has 2 heterocycles. The van der Waals surface area contributed by atoms with Gasteiger partial charge in [-0.25, -0.2) is 4.98 Å². The van der Waals surface area contributed by atoms with E-state index in [1.54, 1.807) is 11.3 Å². The Hall–Kier alpha value is -2.94. The van der Waals surface area contributed by atoms with Gasteiger partial charge in [0.05, 0.1) is 55.2 Å². The van der Waals surface area contributed by atoms with Crippen molar-refractivity contribution in [2.24, 2.45) is 11.1 Å². The number of nitrogens with two attached hydrogens (primary N) is 1. The van der Waals surface area contributed by atoms with Gasteiger partial charge >= 0.3 is 0 Å². The van der Waals surface area contributed by atoms with Crippen LogP contribution in [0.5, 0.6) is 0 Å². The Balaban J connectivity index is 1.52. The second kappa shape index (κ2) is 16.8. The minimum absolute atomic E-state index is 0.00506. The first kappa shape index (κ1) is 34.5. The molecule has 12 nitrogen and oxygen atoms in total. The van der Waals surface area contributed by atoms with E-state index in [9.17, 15) is 19.5 Å². The maximum Gasteiger partial charge on any atom is 0.246 e. The number of thiazole rings is 1. The Kier molecular flexibility index (Phi) is 13.5. The smallest absolute Gasteiger partial charge is 0.246 e. The molecule has 3 atom stereocenters. The Morgan fingerprint density at radius 1 is 1.09 bits per heavy atom. The zero-order valence-corrected chi connectivity index (χ0v) is 26.3. The quantitative estimate of drug-likeness (QED) is 0.202. The number of aromatic nitrogens is 1. The molecule has 43 heavy (non-hydrogen) atoms. The van der Waals surface area contributed by atoms with Crippen molar-refractivity contribution < 1.29 is 33.7 Å². The molecule has 13 heteroatoms. The fourth-order valence-corrected chi connectivity index (χ4v) is 5.48. The number of carbonyl (C=O) groups is 3. The van der Waals surface area contributed by atoms with Gasteiger partial charge < -0.3 is 40.6 Å². The Morgan fingerprint density at radius 2 is 1.74 bits per heavy atom. The Labute approximate surface area is 257 Å². The molecule has 0 saturated carbocycles. The van der Waals surface area contributed by atoms with Gasteiger partial charge in [-0.15, -0.1) is 11.3 Å². The lowest BCUT2D eigenvalue weighted by Crippen LogP contribution is -2.58. The van der Waals surface area contributed by atoms with E-state index in [4.69, 9.17) is 19.9 Å². The average Bonchev–Trinajstić information content (AvgIpc) is 3.58. The van der Waals surface area contributed by atoms with Crippen LogP contribution in [-0.4, -0.2) is 104 Å². The number of aliphatic hydroxyl groups excluding tert-OH is 1. The van der Waals surface area contributed by atoms with Crippen LogP contribution in [0.15, 0.2) is 29.8 Å². The number of aliphatic hydroxyl groups is 1. The Bertz CT molecular complexity index is 1180. The summed E-state index contributed by atoms with van der Waals surface area (Å²) in [5.41, 5.74) is 9.44. The molecule has 1 fully saturated rings. The maximum atomic E-state index is 13.7. The van der Waals surface area contributed by atoms with E-state index in [-0.39, 0.29) is 38.6 Å². The van der Waals surface area contributed by atoms with Crippen molar-refractivity contribution in [3.05, 3.63) is 41.0 Å². The van der Waals surface area contributed by atoms with E-state index < -0.39 is 35.4 Å². The minimum atomic E-state index is -0.928. The van der Waals surface area contributed by atoms with Crippen LogP contribution in [0, 0.1) is 12.3 Å². The summed E-state index contributed by atoms with van der Waals surface area (Å²) in [6.45, 7) is 9.72. The molecule has 2 aromatic rings. The molecule has 0 unspecified atom stereocenters. The summed E-state index contributed by atoms with van der Waals surface area (Å²) in [5, 5.41) is 16.1. The van der Waals surface area contributed by atoms with E-state index in [0.29, 0.717) is 33.0 Å². The zero-order valence-electron chi connectivity index (χ0n) is 25.5. The lowest BCUT2D eigenvalue weighted by atomic mass is 9.85. The summed E-state index contributed by atoms with van der Waals surface area (Å²) < 4.78 is 16.0. The maximum absolute atomic E-state index is 13.7. The molecule has 1 aromatic heterocycles. The summed E-state index contributed by atoms with van der Waals surface area (Å²) in [5.74, 6) is -1.25. The topological polar surface area (TPSA) is 165 Å². The highest BCUT2D eigenvalue weighted by Gasteiger charge is 2.44. The van der Waals surface area contributed by atoms with E-state index in [1.165, 1.54) is 4.90 Å². The molecule has 0 radical (unpaired) electrons. The molecule has 0 bridgehead atoms. The lowest BCUT2D eigenvalue weighted by molar-refractivity contribution is -0.144. The molecule has 1 aromatic carbocycles. The molecule has 3 amide bonds. The third-order valence-corrected chi connectivity index (χ3v) is 7.93. The monoisotopic (exact) mass is 619 g/mol. The first-order chi connectivity index (χ1) is 20.5. The average molecular weight is 620 g/mol. The number of benzene rings is 1. The highest BCUT2D eigenvalue weighted by atomic mass is 32.1. The van der Waals surface area contributed by atoms with Crippen LogP contribution >= 0.6 is 11.3 Å². The molecule has 1 aliphatic rings. The fraction of sp³-hybridized carbons (Fsp3) is 0.600. The standard InChI is InChI=1S/C30H45N5O7S/c1-20-26(43-19-33-20)22-7-5-21(6-8-22)16-32-28(38)24-15-23(36)17-35(24)29(39)27(30(2,3)4)34-25(37)18-42-14-13-41-12-11-40-10-9-31/h5-8,19,23-24,27,36H,9-18,31H2,1-4H3,(H,32,38)(H,34,37)/t23-,24+,27+/m1/s1. The van der Waals surface area contributed by atoms with Crippen molar-refractivity contribution in [3.8, 4) is 10.4 Å². The summed E-state index contributed by atoms with van der Waals surface area (Å²) in [7, 11) is 0. The summed E-state index contributed by atoms with van der Waals surface area (Å²) >= 11 is 1.58. The number of hydrogen-bond donors (Lipinski definition) is 4. The van der Waals surface area contributed by atoms with Crippen LogP contribution in [0.25, 0.3) is 10.4 Å². The highest BCUT2D eigenvalue weighted by Crippen LogP contribution is 2.28. The van der Waals surface area contributed by atoms with Gasteiger partial charge in [-0.3, -0.25) is 14.4 Å². The number of likely N-dealkylation sites (tertiary alicyclic amines) is 1. The van der Waals surface area contributed by atoms with Crippen molar-refractivity contribution in [1.29, 1.82) is 0 Å². The van der Waals surface area contributed by atoms with Crippen molar-refractivity contribution >= 4 is 29.1 Å². The van der Waals surface area contributed by atoms with Gasteiger partial charge in [-0.05, 0) is 23.5 Å². The van der Waals surface area contributed by atoms with Crippen molar-refractivity contribution in [2.45, 2.75) is 58.8 Å². The second-order valence-corrected chi connectivity index (χ2v) is 12.4. The van der Waals surface area contributed by atoms with Crippen molar-refractivity contribution in [2.75, 3.05) is 52.7 Å². The van der Waals surface area contributed by atoms with Gasteiger partial charge in [0.15, 0.2) is 0 Å². The number of ether oxygens (including phenoxy) is 3. The normalized spacial score (nSPS) is 17.6. The summed E-state index contributed by atoms with van der Waals surface area (Å²) in [6, 6.07) is 6.08. The highest BCUT2D eigenvalue weighted by molar-refractivity contribution is 7.13. The fourth-order valence-electron chi connectivity index (χ4n) is 4.67. The number of rotatable bonds is 16. The molecule has 1 saturated heterocycles. The van der Waals surface area contributed by atoms with Crippen LogP contribution in [-0.2, 0) is 35.1 Å². The Morgan fingerprint density at radius 3 is 2.35 bits per heavy atom. The zero-order chi connectivity index (χ0) is 31.4. The first-order valence-electron chi connectivity index (χ1n) is 14.5. The van der Waals surface area contributed by atoms with Gasteiger partial charge in [0.2, 0.25) is 17.7 Å². The minimum Gasteiger partial charge on any atom is -0.391 e. The number of carbonyl (C=O) groups excluding carboxylic acids is 3. The van der Waals surface area contributed by atoms with Gasteiger partial charge in [-0.2, -0.15) is 0 Å². The van der Waals surface area contributed by atoms with Gasteiger partial charge in [-0.1, -0.05) is 45.0 Å². The number of nitrogens with one attached hydrogen (secondary N) is 2. The van der Waals surface area contributed by atoms with E-state index >= 15 is 0 Å². The molecule has 5 N–H and O–H groups in total. The number of aryl methyl sites for hydroxylation is 1. The third-order valence-electron chi connectivity index (χ3n) is 6.95. The molecular formula is C30H45N5O7S. The second-order valence-electron chi connectivity index (χ2n) is 11.5. The predicted molar refractivity (Wildman–Crippen MR) is 163 cm³/mol. The summed E-state index contributed by atoms with van der Waals surface area (Å²) in [4.78, 5) is 46.4. The van der Waals surface area contributed by atoms with E-state index in [2.05, 4.69) is 15.6 Å². The molecule has 3 rings (SSSR count). The molecule has 238 valence electrons. The van der Waals surface area contributed by atoms with E-state index in [1.807, 2.05) is 57.5 Å². The predicted octanol–water partition coefficient (Wildman–Crippen LogP) is 1.24. The van der Waals surface area contributed by atoms with Crippen LogP contribution in [0.1, 0.15) is 38.4 Å². The number of β-amino-alcohol motifs (C(OH)–C–C–N with tert-alkyl or cyclic N) is 1. The van der Waals surface area contributed by atoms with Crippen LogP contribution in [0.4, 0.5) is 0 Å². The van der Waals surface area contributed by atoms with Gasteiger partial charge in [0.1, 0.15) is 18.7 Å². The van der Waals surface area contributed by atoms with E-state index in [0.717, 1.165) is 21.7 Å². The molecule has 0 spiro atoms. The summed E-state index contributed by atoms with van der Waals surface area (Å²) in [6.07, 6.45) is -0.728. The number of amides is 3. The van der Waals surface area contributed by atoms with Crippen LogP contribution < -0.4 is 16.4 Å². The third kappa shape index (κ3) is 10.6. The van der Waals surface area contributed by atoms with Crippen LogP contribution in [0.3, 0.4) is 0 Å². The molecular weight excluding hydrogens is 574 g/mol. The molecule has 0 aliphatic carbocycles. The van der Waals surface area contributed by atoms with Crippen LogP contribution in [0.2, 0.25) is 0 Å². The van der Waals surface area contributed by atoms with Crippen molar-refractivity contribution in [1.82, 2.24) is 20.5 Å². The number of hydrogen-bond acceptors (Lipinski definition) is 10.